The van der Waals surface area contributed by atoms with Crippen LogP contribution in [0, 0.1) is 0 Å². The van der Waals surface area contributed by atoms with E-state index in [0.717, 1.165) is 6.42 Å². The molecule has 1 saturated heterocycles. The Labute approximate surface area is 105 Å². The monoisotopic (exact) mass is 252 g/mol. The van der Waals surface area contributed by atoms with Crippen LogP contribution in [0.3, 0.4) is 0 Å². The highest BCUT2D eigenvalue weighted by Gasteiger charge is 2.26. The molecule has 18 heavy (non-hydrogen) atoms. The van der Waals surface area contributed by atoms with Gasteiger partial charge in [-0.3, -0.25) is 9.59 Å². The minimum atomic E-state index is -0.974. The molecule has 0 saturated carbocycles. The number of nitrogens with one attached hydrogen (secondary N) is 1. The number of ether oxygens (including phenoxy) is 1. The van der Waals surface area contributed by atoms with Gasteiger partial charge in [0.2, 0.25) is 0 Å². The van der Waals surface area contributed by atoms with Crippen LogP contribution in [-0.2, 0) is 16.1 Å². The molecule has 2 rings (SSSR count). The summed E-state index contributed by atoms with van der Waals surface area (Å²) in [5.41, 5.74) is 0.358. The van der Waals surface area contributed by atoms with Gasteiger partial charge in [-0.15, -0.1) is 0 Å². The van der Waals surface area contributed by atoms with Crippen LogP contribution in [0.4, 0.5) is 0 Å². The SMILES string of the molecule is CC1OCCC1NC(=O)c1cccn1CC(=O)O. The molecule has 6 heteroatoms. The van der Waals surface area contributed by atoms with E-state index in [1.807, 2.05) is 6.92 Å². The van der Waals surface area contributed by atoms with Gasteiger partial charge in [-0.05, 0) is 25.5 Å². The van der Waals surface area contributed by atoms with Crippen molar-refractivity contribution in [3.05, 3.63) is 24.0 Å². The summed E-state index contributed by atoms with van der Waals surface area (Å²) < 4.78 is 6.78. The molecule has 2 N–H and O–H groups in total. The lowest BCUT2D eigenvalue weighted by molar-refractivity contribution is -0.137. The van der Waals surface area contributed by atoms with Crippen LogP contribution in [0.5, 0.6) is 0 Å². The second kappa shape index (κ2) is 5.22. The van der Waals surface area contributed by atoms with Crippen LogP contribution in [0.2, 0.25) is 0 Å². The van der Waals surface area contributed by atoms with Crippen LogP contribution < -0.4 is 5.32 Å². The van der Waals surface area contributed by atoms with E-state index in [0.29, 0.717) is 12.3 Å². The average Bonchev–Trinajstić information content (AvgIpc) is 2.88. The molecular weight excluding hydrogens is 236 g/mol. The van der Waals surface area contributed by atoms with E-state index in [2.05, 4.69) is 5.32 Å². The zero-order valence-corrected chi connectivity index (χ0v) is 10.1. The number of amides is 1. The number of carbonyl (C=O) groups is 2. The third-order valence-corrected chi connectivity index (χ3v) is 3.06. The fraction of sp³-hybridized carbons (Fsp3) is 0.500. The minimum Gasteiger partial charge on any atom is -0.480 e. The maximum atomic E-state index is 12.0. The van der Waals surface area contributed by atoms with Crippen molar-refractivity contribution in [1.82, 2.24) is 9.88 Å². The molecule has 1 amide bonds. The maximum absolute atomic E-state index is 12.0. The van der Waals surface area contributed by atoms with Crippen molar-refractivity contribution < 1.29 is 19.4 Å². The summed E-state index contributed by atoms with van der Waals surface area (Å²) in [5.74, 6) is -1.23. The van der Waals surface area contributed by atoms with Crippen molar-refractivity contribution in [2.45, 2.75) is 32.0 Å². The molecular formula is C12H16N2O4. The van der Waals surface area contributed by atoms with E-state index in [-0.39, 0.29) is 24.6 Å². The van der Waals surface area contributed by atoms with E-state index in [9.17, 15) is 9.59 Å². The first-order chi connectivity index (χ1) is 8.58. The van der Waals surface area contributed by atoms with Gasteiger partial charge < -0.3 is 19.7 Å². The Bertz CT molecular complexity index is 455. The molecule has 2 unspecified atom stereocenters. The summed E-state index contributed by atoms with van der Waals surface area (Å²) in [4.78, 5) is 22.7. The van der Waals surface area contributed by atoms with Gasteiger partial charge in [-0.25, -0.2) is 0 Å². The molecule has 1 aliphatic heterocycles. The van der Waals surface area contributed by atoms with E-state index in [4.69, 9.17) is 9.84 Å². The van der Waals surface area contributed by atoms with Gasteiger partial charge in [0.1, 0.15) is 12.2 Å². The Morgan fingerprint density at radius 1 is 1.61 bits per heavy atom. The van der Waals surface area contributed by atoms with Crippen molar-refractivity contribution in [3.8, 4) is 0 Å². The predicted octanol–water partition coefficient (Wildman–Crippen LogP) is 0.480. The van der Waals surface area contributed by atoms with Gasteiger partial charge in [0.15, 0.2) is 0 Å². The highest BCUT2D eigenvalue weighted by molar-refractivity contribution is 5.93. The van der Waals surface area contributed by atoms with Crippen LogP contribution in [0.15, 0.2) is 18.3 Å². The second-order valence-electron chi connectivity index (χ2n) is 4.36. The molecule has 2 atom stereocenters. The van der Waals surface area contributed by atoms with Crippen LogP contribution >= 0.6 is 0 Å². The molecule has 0 bridgehead atoms. The number of carboxylic acid groups (broad SMARTS) is 1. The number of aromatic nitrogens is 1. The predicted molar refractivity (Wildman–Crippen MR) is 63.4 cm³/mol. The zero-order chi connectivity index (χ0) is 13.1. The lowest BCUT2D eigenvalue weighted by atomic mass is 10.1. The third-order valence-electron chi connectivity index (χ3n) is 3.06. The van der Waals surface area contributed by atoms with Crippen LogP contribution in [0.25, 0.3) is 0 Å². The number of aliphatic carboxylic acids is 1. The lowest BCUT2D eigenvalue weighted by Crippen LogP contribution is -2.40. The summed E-state index contributed by atoms with van der Waals surface area (Å²) in [6, 6.07) is 3.26. The molecule has 2 heterocycles. The van der Waals surface area contributed by atoms with Crippen molar-refractivity contribution in [1.29, 1.82) is 0 Å². The molecule has 1 fully saturated rings. The van der Waals surface area contributed by atoms with Gasteiger partial charge in [0.05, 0.1) is 12.1 Å². The first kappa shape index (κ1) is 12.6. The Balaban J connectivity index is 2.04. The minimum absolute atomic E-state index is 0.00293. The fourth-order valence-electron chi connectivity index (χ4n) is 2.07. The highest BCUT2D eigenvalue weighted by Crippen LogP contribution is 2.13. The van der Waals surface area contributed by atoms with Gasteiger partial charge in [-0.1, -0.05) is 0 Å². The lowest BCUT2D eigenvalue weighted by Gasteiger charge is -2.16. The van der Waals surface area contributed by atoms with E-state index in [1.54, 1.807) is 18.3 Å². The summed E-state index contributed by atoms with van der Waals surface area (Å²) in [6.07, 6.45) is 2.36. The number of carboxylic acids is 1. The quantitative estimate of drug-likeness (QED) is 0.816. The second-order valence-corrected chi connectivity index (χ2v) is 4.36. The van der Waals surface area contributed by atoms with Gasteiger partial charge in [0, 0.05) is 12.8 Å². The summed E-state index contributed by atoms with van der Waals surface area (Å²) in [5, 5.41) is 11.6. The molecule has 98 valence electrons. The van der Waals surface area contributed by atoms with E-state index >= 15 is 0 Å². The maximum Gasteiger partial charge on any atom is 0.323 e. The Morgan fingerprint density at radius 3 is 3.00 bits per heavy atom. The van der Waals surface area contributed by atoms with Crippen LogP contribution in [-0.4, -0.2) is 40.3 Å². The molecule has 1 aromatic rings. The van der Waals surface area contributed by atoms with Crippen molar-refractivity contribution >= 4 is 11.9 Å². The van der Waals surface area contributed by atoms with Gasteiger partial charge in [-0.2, -0.15) is 0 Å². The number of rotatable bonds is 4. The Morgan fingerprint density at radius 2 is 2.39 bits per heavy atom. The normalized spacial score (nSPS) is 22.9. The fourth-order valence-corrected chi connectivity index (χ4v) is 2.07. The average molecular weight is 252 g/mol. The molecule has 1 aliphatic rings. The summed E-state index contributed by atoms with van der Waals surface area (Å²) in [7, 11) is 0. The highest BCUT2D eigenvalue weighted by atomic mass is 16.5. The number of hydrogen-bond acceptors (Lipinski definition) is 3. The largest absolute Gasteiger partial charge is 0.480 e. The number of hydrogen-bond donors (Lipinski definition) is 2. The first-order valence-electron chi connectivity index (χ1n) is 5.87. The summed E-state index contributed by atoms with van der Waals surface area (Å²) >= 11 is 0. The molecule has 1 aromatic heterocycles. The topological polar surface area (TPSA) is 80.6 Å². The van der Waals surface area contributed by atoms with Crippen LogP contribution in [0.1, 0.15) is 23.8 Å². The molecule has 0 radical (unpaired) electrons. The van der Waals surface area contributed by atoms with Gasteiger partial charge >= 0.3 is 5.97 Å². The molecule has 0 spiro atoms. The number of nitrogens with zero attached hydrogens (tertiary/aromatic N) is 1. The first-order valence-corrected chi connectivity index (χ1v) is 5.87. The molecule has 6 nitrogen and oxygen atoms in total. The van der Waals surface area contributed by atoms with Crippen molar-refractivity contribution in [3.63, 3.8) is 0 Å². The van der Waals surface area contributed by atoms with Crippen molar-refractivity contribution in [2.24, 2.45) is 0 Å². The zero-order valence-electron chi connectivity index (χ0n) is 10.1. The molecule has 0 aromatic carbocycles. The Hall–Kier alpha value is -1.82. The third kappa shape index (κ3) is 2.70. The van der Waals surface area contributed by atoms with Gasteiger partial charge in [0.25, 0.3) is 5.91 Å². The number of carbonyl (C=O) groups excluding carboxylic acids is 1. The summed E-state index contributed by atoms with van der Waals surface area (Å²) in [6.45, 7) is 2.34. The molecule has 0 aliphatic carbocycles. The standard InChI is InChI=1S/C12H16N2O4/c1-8-9(4-6-18-8)13-12(17)10-3-2-5-14(10)7-11(15)16/h2-3,5,8-9H,4,6-7H2,1H3,(H,13,17)(H,15,16). The smallest absolute Gasteiger partial charge is 0.323 e. The Kier molecular flexibility index (Phi) is 3.66. The van der Waals surface area contributed by atoms with E-state index in [1.165, 1.54) is 4.57 Å². The van der Waals surface area contributed by atoms with E-state index < -0.39 is 5.97 Å². The van der Waals surface area contributed by atoms with Crippen molar-refractivity contribution in [2.75, 3.05) is 6.61 Å².